The topological polar surface area (TPSA) is 99.5 Å². The highest BCUT2D eigenvalue weighted by Crippen LogP contribution is 2.08. The molecule has 0 spiro atoms. The van der Waals surface area contributed by atoms with E-state index in [2.05, 4.69) is 10.3 Å². The molecule has 1 aromatic heterocycles. The predicted octanol–water partition coefficient (Wildman–Crippen LogP) is 0.560. The van der Waals surface area contributed by atoms with Crippen molar-refractivity contribution in [2.24, 2.45) is 7.05 Å². The van der Waals surface area contributed by atoms with E-state index in [0.29, 0.717) is 23.3 Å². The molecule has 26 heavy (non-hydrogen) atoms. The molecule has 140 valence electrons. The zero-order chi connectivity index (χ0) is 19.1. The number of amides is 1. The van der Waals surface area contributed by atoms with Gasteiger partial charge in [0.15, 0.2) is 6.61 Å². The Morgan fingerprint density at radius 1 is 1.31 bits per heavy atom. The van der Waals surface area contributed by atoms with E-state index in [4.69, 9.17) is 9.47 Å². The lowest BCUT2D eigenvalue weighted by atomic mass is 10.2. The maximum absolute atomic E-state index is 12.3. The lowest BCUT2D eigenvalue weighted by Crippen LogP contribution is -2.38. The van der Waals surface area contributed by atoms with Gasteiger partial charge in [-0.25, -0.2) is 4.98 Å². The molecule has 1 unspecified atom stereocenters. The van der Waals surface area contributed by atoms with Crippen molar-refractivity contribution in [3.05, 3.63) is 40.4 Å². The normalized spacial score (nSPS) is 12.0. The van der Waals surface area contributed by atoms with E-state index >= 15 is 0 Å². The van der Waals surface area contributed by atoms with Gasteiger partial charge in [0.05, 0.1) is 23.9 Å². The molecule has 0 fully saturated rings. The number of hydrogen-bond donors (Lipinski definition) is 1. The molecule has 0 aliphatic heterocycles. The van der Waals surface area contributed by atoms with Crippen LogP contribution in [0.3, 0.4) is 0 Å². The van der Waals surface area contributed by atoms with Crippen molar-refractivity contribution in [3.8, 4) is 0 Å². The molecule has 1 heterocycles. The van der Waals surface area contributed by atoms with Crippen molar-refractivity contribution in [1.82, 2.24) is 14.9 Å². The van der Waals surface area contributed by atoms with Gasteiger partial charge in [0.1, 0.15) is 5.82 Å². The van der Waals surface area contributed by atoms with Crippen LogP contribution in [-0.4, -0.2) is 47.8 Å². The van der Waals surface area contributed by atoms with E-state index in [0.717, 1.165) is 0 Å². The summed E-state index contributed by atoms with van der Waals surface area (Å²) in [6.07, 6.45) is 0.274. The molecule has 0 saturated heterocycles. The van der Waals surface area contributed by atoms with E-state index in [1.807, 2.05) is 0 Å². The number of methoxy groups -OCH3 is 1. The molecule has 0 radical (unpaired) electrons. The third kappa shape index (κ3) is 5.13. The number of nitrogens with one attached hydrogen (secondary N) is 1. The van der Waals surface area contributed by atoms with Crippen LogP contribution in [0.25, 0.3) is 10.9 Å². The van der Waals surface area contributed by atoms with Crippen LogP contribution in [-0.2, 0) is 32.5 Å². The van der Waals surface area contributed by atoms with Crippen molar-refractivity contribution in [2.45, 2.75) is 25.8 Å². The summed E-state index contributed by atoms with van der Waals surface area (Å²) in [7, 11) is 3.16. The van der Waals surface area contributed by atoms with Crippen molar-refractivity contribution >= 4 is 22.8 Å². The molecule has 0 saturated carbocycles. The van der Waals surface area contributed by atoms with E-state index in [1.165, 1.54) is 11.7 Å². The van der Waals surface area contributed by atoms with Crippen LogP contribution in [0.15, 0.2) is 29.1 Å². The number of carbonyl (C=O) groups is 2. The molecule has 1 atom stereocenters. The predicted molar refractivity (Wildman–Crippen MR) is 95.7 cm³/mol. The monoisotopic (exact) mass is 361 g/mol. The minimum absolute atomic E-state index is 0.0273. The molecule has 1 amide bonds. The third-order valence-electron chi connectivity index (χ3n) is 3.82. The zero-order valence-electron chi connectivity index (χ0n) is 15.2. The average molecular weight is 361 g/mol. The standard InChI is InChI=1S/C18H23N3O5/c1-12(10-25-3)19-16(22)11-26-17(23)9-8-15-20-14-7-5-4-6-13(14)18(24)21(15)2/h4-7,12H,8-11H2,1-3H3,(H,19,22). The Morgan fingerprint density at radius 3 is 2.77 bits per heavy atom. The van der Waals surface area contributed by atoms with Gasteiger partial charge in [0, 0.05) is 26.6 Å². The number of ether oxygens (including phenoxy) is 2. The number of esters is 1. The van der Waals surface area contributed by atoms with Crippen LogP contribution in [0.1, 0.15) is 19.2 Å². The van der Waals surface area contributed by atoms with Gasteiger partial charge in [0.2, 0.25) is 0 Å². The fourth-order valence-corrected chi connectivity index (χ4v) is 2.53. The largest absolute Gasteiger partial charge is 0.456 e. The minimum atomic E-state index is -0.526. The van der Waals surface area contributed by atoms with E-state index in [9.17, 15) is 14.4 Å². The summed E-state index contributed by atoms with van der Waals surface area (Å²) in [6.45, 7) is 1.81. The molecular formula is C18H23N3O5. The van der Waals surface area contributed by atoms with Gasteiger partial charge in [-0.1, -0.05) is 12.1 Å². The van der Waals surface area contributed by atoms with Gasteiger partial charge in [-0.2, -0.15) is 0 Å². The maximum atomic E-state index is 12.3. The maximum Gasteiger partial charge on any atom is 0.306 e. The smallest absolute Gasteiger partial charge is 0.306 e. The Bertz CT molecular complexity index is 846. The van der Waals surface area contributed by atoms with Crippen molar-refractivity contribution in [1.29, 1.82) is 0 Å². The molecule has 0 bridgehead atoms. The van der Waals surface area contributed by atoms with Crippen LogP contribution in [0.4, 0.5) is 0 Å². The SMILES string of the molecule is COCC(C)NC(=O)COC(=O)CCc1nc2ccccc2c(=O)n1C. The first kappa shape index (κ1) is 19.6. The summed E-state index contributed by atoms with van der Waals surface area (Å²) in [4.78, 5) is 40.2. The third-order valence-corrected chi connectivity index (χ3v) is 3.82. The number of carbonyl (C=O) groups excluding carboxylic acids is 2. The summed E-state index contributed by atoms with van der Waals surface area (Å²) >= 11 is 0. The first-order chi connectivity index (χ1) is 12.4. The summed E-state index contributed by atoms with van der Waals surface area (Å²) in [6, 6.07) is 6.88. The van der Waals surface area contributed by atoms with Crippen LogP contribution in [0.2, 0.25) is 0 Å². The highest BCUT2D eigenvalue weighted by atomic mass is 16.5. The van der Waals surface area contributed by atoms with Gasteiger partial charge in [-0.15, -0.1) is 0 Å². The summed E-state index contributed by atoms with van der Waals surface area (Å²) < 4.78 is 11.3. The van der Waals surface area contributed by atoms with Crippen LogP contribution in [0, 0.1) is 0 Å². The first-order valence-electron chi connectivity index (χ1n) is 8.31. The molecule has 1 aromatic carbocycles. The van der Waals surface area contributed by atoms with Gasteiger partial charge in [-0.05, 0) is 19.1 Å². The molecule has 0 aliphatic carbocycles. The molecule has 0 aliphatic rings. The second kappa shape index (κ2) is 9.10. The van der Waals surface area contributed by atoms with E-state index in [1.54, 1.807) is 38.2 Å². The highest BCUT2D eigenvalue weighted by molar-refractivity contribution is 5.81. The molecule has 8 heteroatoms. The van der Waals surface area contributed by atoms with E-state index < -0.39 is 5.97 Å². The minimum Gasteiger partial charge on any atom is -0.456 e. The lowest BCUT2D eigenvalue weighted by Gasteiger charge is -2.13. The Morgan fingerprint density at radius 2 is 2.04 bits per heavy atom. The zero-order valence-corrected chi connectivity index (χ0v) is 15.2. The number of rotatable bonds is 8. The van der Waals surface area contributed by atoms with E-state index in [-0.39, 0.29) is 37.0 Å². The van der Waals surface area contributed by atoms with Gasteiger partial charge in [-0.3, -0.25) is 19.0 Å². The number of aromatic nitrogens is 2. The Kier molecular flexibility index (Phi) is 6.85. The molecule has 2 aromatic rings. The van der Waals surface area contributed by atoms with Crippen LogP contribution in [0.5, 0.6) is 0 Å². The molecular weight excluding hydrogens is 338 g/mol. The first-order valence-corrected chi connectivity index (χ1v) is 8.31. The lowest BCUT2D eigenvalue weighted by molar-refractivity contribution is -0.148. The van der Waals surface area contributed by atoms with Gasteiger partial charge >= 0.3 is 5.97 Å². The number of benzene rings is 1. The van der Waals surface area contributed by atoms with Crippen LogP contribution < -0.4 is 10.9 Å². The molecule has 2 rings (SSSR count). The van der Waals surface area contributed by atoms with Gasteiger partial charge < -0.3 is 14.8 Å². The summed E-state index contributed by atoms with van der Waals surface area (Å²) in [5, 5.41) is 3.18. The molecule has 8 nitrogen and oxygen atoms in total. The Labute approximate surface area is 151 Å². The fourth-order valence-electron chi connectivity index (χ4n) is 2.53. The quantitative estimate of drug-likeness (QED) is 0.690. The van der Waals surface area contributed by atoms with Crippen molar-refractivity contribution in [2.75, 3.05) is 20.3 Å². The fraction of sp³-hybridized carbons (Fsp3) is 0.444. The van der Waals surface area contributed by atoms with Crippen molar-refractivity contribution in [3.63, 3.8) is 0 Å². The molecule has 1 N–H and O–H groups in total. The number of nitrogens with zero attached hydrogens (tertiary/aromatic N) is 2. The second-order valence-electron chi connectivity index (χ2n) is 5.99. The van der Waals surface area contributed by atoms with Crippen molar-refractivity contribution < 1.29 is 19.1 Å². The van der Waals surface area contributed by atoms with Gasteiger partial charge in [0.25, 0.3) is 11.5 Å². The second-order valence-corrected chi connectivity index (χ2v) is 5.99. The number of hydrogen-bond acceptors (Lipinski definition) is 6. The summed E-state index contributed by atoms with van der Waals surface area (Å²) in [5.74, 6) is -0.426. The average Bonchev–Trinajstić information content (AvgIpc) is 2.62. The Balaban J connectivity index is 1.90. The number of para-hydroxylation sites is 1. The summed E-state index contributed by atoms with van der Waals surface area (Å²) in [5.41, 5.74) is 0.427. The number of fused-ring (bicyclic) bond motifs is 1. The number of aryl methyl sites for hydroxylation is 1. The van der Waals surface area contributed by atoms with Crippen LogP contribution >= 0.6 is 0 Å². The highest BCUT2D eigenvalue weighted by Gasteiger charge is 2.13. The Hall–Kier alpha value is -2.74.